The van der Waals surface area contributed by atoms with E-state index in [0.29, 0.717) is 13.1 Å². The molecule has 0 aromatic heterocycles. The minimum atomic E-state index is 0.0682. The lowest BCUT2D eigenvalue weighted by atomic mass is 10.2. The average molecular weight is 191 g/mol. The van der Waals surface area contributed by atoms with E-state index in [2.05, 4.69) is 5.32 Å². The highest BCUT2D eigenvalue weighted by molar-refractivity contribution is 5.82. The predicted molar refractivity (Wildman–Crippen MR) is 56.1 cm³/mol. The fraction of sp³-hybridized carbons (Fsp3) is 0.300. The minimum absolute atomic E-state index is 0.0682. The molecule has 1 aromatic rings. The van der Waals surface area contributed by atoms with Crippen LogP contribution in [0.3, 0.4) is 0 Å². The number of nitrogen functional groups attached to an aromatic ring is 1. The molecule has 0 atom stereocenters. The second-order valence-corrected chi connectivity index (χ2v) is 3.37. The van der Waals surface area contributed by atoms with Crippen LogP contribution in [0.2, 0.25) is 0 Å². The van der Waals surface area contributed by atoms with E-state index in [9.17, 15) is 4.79 Å². The zero-order chi connectivity index (χ0) is 9.97. The van der Waals surface area contributed by atoms with Crippen molar-refractivity contribution in [1.82, 2.24) is 5.32 Å². The smallest absolute Gasteiger partial charge is 0.239 e. The Bertz CT molecular complexity index is 351. The molecule has 0 saturated carbocycles. The van der Waals surface area contributed by atoms with Gasteiger partial charge in [0.05, 0.1) is 6.54 Å². The van der Waals surface area contributed by atoms with E-state index in [-0.39, 0.29) is 5.91 Å². The van der Waals surface area contributed by atoms with Crippen molar-refractivity contribution < 1.29 is 4.79 Å². The van der Waals surface area contributed by atoms with Gasteiger partial charge in [-0.1, -0.05) is 6.07 Å². The van der Waals surface area contributed by atoms with Crippen LogP contribution in [0.5, 0.6) is 0 Å². The Balaban J connectivity index is 2.17. The van der Waals surface area contributed by atoms with Crippen LogP contribution in [0.4, 0.5) is 11.4 Å². The topological polar surface area (TPSA) is 58.4 Å². The maximum Gasteiger partial charge on any atom is 0.239 e. The Labute approximate surface area is 82.7 Å². The molecule has 0 radical (unpaired) electrons. The summed E-state index contributed by atoms with van der Waals surface area (Å²) in [5.41, 5.74) is 7.42. The maximum atomic E-state index is 11.1. The number of carbonyl (C=O) groups excluding carboxylic acids is 1. The zero-order valence-corrected chi connectivity index (χ0v) is 7.86. The Kier molecular flexibility index (Phi) is 2.26. The van der Waals surface area contributed by atoms with Gasteiger partial charge in [-0.25, -0.2) is 0 Å². The number of amides is 1. The molecule has 2 rings (SSSR count). The van der Waals surface area contributed by atoms with Crippen molar-refractivity contribution in [2.75, 3.05) is 30.3 Å². The molecule has 1 saturated heterocycles. The molecule has 4 nitrogen and oxygen atoms in total. The SMILES string of the molecule is Nc1cccc(N2CCNC(=O)C2)c1. The Morgan fingerprint density at radius 1 is 1.43 bits per heavy atom. The van der Waals surface area contributed by atoms with Gasteiger partial charge in [0.1, 0.15) is 0 Å². The number of nitrogens with one attached hydrogen (secondary N) is 1. The van der Waals surface area contributed by atoms with Gasteiger partial charge in [-0.05, 0) is 18.2 Å². The van der Waals surface area contributed by atoms with Crippen LogP contribution in [0.15, 0.2) is 24.3 Å². The zero-order valence-electron chi connectivity index (χ0n) is 7.86. The first kappa shape index (κ1) is 8.87. The number of nitrogens with two attached hydrogens (primary N) is 1. The summed E-state index contributed by atoms with van der Waals surface area (Å²) in [6, 6.07) is 7.60. The quantitative estimate of drug-likeness (QED) is 0.624. The van der Waals surface area contributed by atoms with Crippen LogP contribution in [0.25, 0.3) is 0 Å². The second-order valence-electron chi connectivity index (χ2n) is 3.37. The highest BCUT2D eigenvalue weighted by Gasteiger charge is 2.15. The number of hydrogen-bond donors (Lipinski definition) is 2. The van der Waals surface area contributed by atoms with Crippen molar-refractivity contribution in [3.63, 3.8) is 0 Å². The summed E-state index contributed by atoms with van der Waals surface area (Å²) < 4.78 is 0. The molecule has 74 valence electrons. The van der Waals surface area contributed by atoms with E-state index < -0.39 is 0 Å². The summed E-state index contributed by atoms with van der Waals surface area (Å²) in [5.74, 6) is 0.0682. The van der Waals surface area contributed by atoms with Crippen LogP contribution in [-0.2, 0) is 4.79 Å². The highest BCUT2D eigenvalue weighted by atomic mass is 16.2. The maximum absolute atomic E-state index is 11.1. The lowest BCUT2D eigenvalue weighted by Crippen LogP contribution is -2.47. The third-order valence-electron chi connectivity index (χ3n) is 2.27. The first-order valence-corrected chi connectivity index (χ1v) is 4.63. The molecular weight excluding hydrogens is 178 g/mol. The minimum Gasteiger partial charge on any atom is -0.399 e. The molecule has 4 heteroatoms. The van der Waals surface area contributed by atoms with Gasteiger partial charge >= 0.3 is 0 Å². The monoisotopic (exact) mass is 191 g/mol. The van der Waals surface area contributed by atoms with Crippen molar-refractivity contribution in [2.45, 2.75) is 0 Å². The van der Waals surface area contributed by atoms with E-state index in [1.807, 2.05) is 29.2 Å². The lowest BCUT2D eigenvalue weighted by molar-refractivity contribution is -0.120. The van der Waals surface area contributed by atoms with Gasteiger partial charge in [0.15, 0.2) is 0 Å². The van der Waals surface area contributed by atoms with E-state index in [4.69, 9.17) is 5.73 Å². The van der Waals surface area contributed by atoms with Crippen molar-refractivity contribution in [2.24, 2.45) is 0 Å². The molecule has 1 amide bonds. The molecule has 1 heterocycles. The second kappa shape index (κ2) is 3.57. The molecule has 1 aromatic carbocycles. The van der Waals surface area contributed by atoms with Gasteiger partial charge in [-0.2, -0.15) is 0 Å². The summed E-state index contributed by atoms with van der Waals surface area (Å²) in [4.78, 5) is 13.2. The first-order valence-electron chi connectivity index (χ1n) is 4.63. The van der Waals surface area contributed by atoms with Crippen molar-refractivity contribution in [1.29, 1.82) is 0 Å². The number of rotatable bonds is 1. The van der Waals surface area contributed by atoms with E-state index in [1.165, 1.54) is 0 Å². The molecule has 0 aliphatic carbocycles. The highest BCUT2D eigenvalue weighted by Crippen LogP contribution is 2.17. The van der Waals surface area contributed by atoms with E-state index in [0.717, 1.165) is 17.9 Å². The van der Waals surface area contributed by atoms with Crippen molar-refractivity contribution in [3.8, 4) is 0 Å². The third kappa shape index (κ3) is 1.79. The number of nitrogens with zero attached hydrogens (tertiary/aromatic N) is 1. The largest absolute Gasteiger partial charge is 0.399 e. The molecule has 3 N–H and O–H groups in total. The molecule has 1 aliphatic rings. The Morgan fingerprint density at radius 3 is 3.00 bits per heavy atom. The Morgan fingerprint density at radius 2 is 2.29 bits per heavy atom. The van der Waals surface area contributed by atoms with Gasteiger partial charge in [-0.15, -0.1) is 0 Å². The number of carbonyl (C=O) groups is 1. The average Bonchev–Trinajstić information content (AvgIpc) is 2.18. The van der Waals surface area contributed by atoms with Gasteiger partial charge in [0.25, 0.3) is 0 Å². The van der Waals surface area contributed by atoms with Gasteiger partial charge in [-0.3, -0.25) is 4.79 Å². The summed E-state index contributed by atoms with van der Waals surface area (Å²) in [6.07, 6.45) is 0. The Hall–Kier alpha value is -1.71. The van der Waals surface area contributed by atoms with E-state index in [1.54, 1.807) is 0 Å². The summed E-state index contributed by atoms with van der Waals surface area (Å²) >= 11 is 0. The number of piperazine rings is 1. The fourth-order valence-corrected chi connectivity index (χ4v) is 1.58. The summed E-state index contributed by atoms with van der Waals surface area (Å²) in [7, 11) is 0. The number of benzene rings is 1. The molecular formula is C10H13N3O. The van der Waals surface area contributed by atoms with Crippen molar-refractivity contribution in [3.05, 3.63) is 24.3 Å². The van der Waals surface area contributed by atoms with Crippen LogP contribution in [-0.4, -0.2) is 25.5 Å². The van der Waals surface area contributed by atoms with Gasteiger partial charge < -0.3 is 16.0 Å². The molecule has 0 bridgehead atoms. The molecule has 0 unspecified atom stereocenters. The molecule has 1 fully saturated rings. The van der Waals surface area contributed by atoms with Crippen molar-refractivity contribution >= 4 is 17.3 Å². The van der Waals surface area contributed by atoms with Crippen LogP contribution in [0, 0.1) is 0 Å². The first-order chi connectivity index (χ1) is 6.75. The van der Waals surface area contributed by atoms with Crippen LogP contribution in [0.1, 0.15) is 0 Å². The normalized spacial score (nSPS) is 16.6. The molecule has 14 heavy (non-hydrogen) atoms. The standard InChI is InChI=1S/C10H13N3O/c11-8-2-1-3-9(6-8)13-5-4-12-10(14)7-13/h1-3,6H,4-5,7,11H2,(H,12,14). The number of anilines is 2. The van der Waals surface area contributed by atoms with Gasteiger partial charge in [0, 0.05) is 24.5 Å². The predicted octanol–water partition coefficient (Wildman–Crippen LogP) is 0.205. The molecule has 1 aliphatic heterocycles. The summed E-state index contributed by atoms with van der Waals surface area (Å²) in [6.45, 7) is 1.96. The van der Waals surface area contributed by atoms with E-state index >= 15 is 0 Å². The lowest BCUT2D eigenvalue weighted by Gasteiger charge is -2.28. The molecule has 0 spiro atoms. The fourth-order valence-electron chi connectivity index (χ4n) is 1.58. The number of hydrogen-bond acceptors (Lipinski definition) is 3. The summed E-state index contributed by atoms with van der Waals surface area (Å²) in [5, 5.41) is 2.78. The van der Waals surface area contributed by atoms with Gasteiger partial charge in [0.2, 0.25) is 5.91 Å². The van der Waals surface area contributed by atoms with Crippen LogP contribution >= 0.6 is 0 Å². The third-order valence-corrected chi connectivity index (χ3v) is 2.27. The van der Waals surface area contributed by atoms with Crippen LogP contribution < -0.4 is 16.0 Å².